The zero-order valence-corrected chi connectivity index (χ0v) is 9.55. The number of aromatic hydroxyl groups is 1. The number of carboxylic acid groups (broad SMARTS) is 1. The van der Waals surface area contributed by atoms with Gasteiger partial charge in [-0.2, -0.15) is 0 Å². The van der Waals surface area contributed by atoms with Gasteiger partial charge in [-0.05, 0) is 6.07 Å². The van der Waals surface area contributed by atoms with Crippen LogP contribution in [0.3, 0.4) is 0 Å². The highest BCUT2D eigenvalue weighted by molar-refractivity contribution is 6.42. The Kier molecular flexibility index (Phi) is 4.15. The number of phenolic OH excluding ortho intramolecular Hbond substituents is 1. The Labute approximate surface area is 101 Å². The minimum absolute atomic E-state index is 0.0179. The van der Waals surface area contributed by atoms with E-state index in [0.29, 0.717) is 0 Å². The second-order valence-electron chi connectivity index (χ2n) is 3.10. The molecule has 0 atom stereocenters. The van der Waals surface area contributed by atoms with E-state index in [2.05, 4.69) is 0 Å². The molecule has 1 rings (SSSR count). The van der Waals surface area contributed by atoms with E-state index in [4.69, 9.17) is 28.3 Å². The normalized spacial score (nSPS) is 10.1. The van der Waals surface area contributed by atoms with E-state index in [1.54, 1.807) is 0 Å². The average molecular weight is 263 g/mol. The molecule has 0 aromatic heterocycles. The van der Waals surface area contributed by atoms with Gasteiger partial charge in [0.15, 0.2) is 5.78 Å². The minimum Gasteiger partial charge on any atom is -0.507 e. The van der Waals surface area contributed by atoms with Gasteiger partial charge in [-0.25, -0.2) is 0 Å². The van der Waals surface area contributed by atoms with Gasteiger partial charge in [0.05, 0.1) is 22.0 Å². The first-order valence-corrected chi connectivity index (χ1v) is 5.10. The third kappa shape index (κ3) is 3.12. The van der Waals surface area contributed by atoms with Crippen molar-refractivity contribution in [2.75, 3.05) is 0 Å². The molecule has 0 saturated heterocycles. The van der Waals surface area contributed by atoms with Crippen LogP contribution in [0.15, 0.2) is 12.1 Å². The van der Waals surface area contributed by atoms with Gasteiger partial charge in [-0.1, -0.05) is 23.2 Å². The molecule has 0 aliphatic rings. The lowest BCUT2D eigenvalue weighted by Gasteiger charge is -2.04. The number of Topliss-reactive ketones (excluding diaryl/α,β-unsaturated/α-hetero) is 1. The Hall–Kier alpha value is -1.26. The smallest absolute Gasteiger partial charge is 0.303 e. The van der Waals surface area contributed by atoms with Crippen molar-refractivity contribution in [3.8, 4) is 5.75 Å². The predicted octanol–water partition coefficient (Wildman–Crippen LogP) is 2.75. The topological polar surface area (TPSA) is 74.6 Å². The van der Waals surface area contributed by atoms with Crippen molar-refractivity contribution in [3.05, 3.63) is 27.7 Å². The fourth-order valence-corrected chi connectivity index (χ4v) is 1.44. The van der Waals surface area contributed by atoms with E-state index in [0.717, 1.165) is 6.07 Å². The summed E-state index contributed by atoms with van der Waals surface area (Å²) in [6.07, 6.45) is -0.487. The lowest BCUT2D eigenvalue weighted by molar-refractivity contribution is -0.136. The number of hydrogen-bond acceptors (Lipinski definition) is 3. The van der Waals surface area contributed by atoms with Crippen molar-refractivity contribution in [2.45, 2.75) is 12.8 Å². The highest BCUT2D eigenvalue weighted by Gasteiger charge is 2.15. The molecule has 0 heterocycles. The fourth-order valence-electron chi connectivity index (χ4n) is 1.11. The number of halogens is 2. The number of rotatable bonds is 4. The third-order valence-electron chi connectivity index (χ3n) is 1.90. The summed E-state index contributed by atoms with van der Waals surface area (Å²) in [5.41, 5.74) is -0.0179. The molecule has 16 heavy (non-hydrogen) atoms. The molecule has 4 nitrogen and oxygen atoms in total. The summed E-state index contributed by atoms with van der Waals surface area (Å²) in [6, 6.07) is 2.38. The number of carbonyl (C=O) groups excluding carboxylic acids is 1. The number of hydrogen-bond donors (Lipinski definition) is 2. The van der Waals surface area contributed by atoms with Crippen molar-refractivity contribution in [1.82, 2.24) is 0 Å². The summed E-state index contributed by atoms with van der Waals surface area (Å²) >= 11 is 11.3. The van der Waals surface area contributed by atoms with E-state index in [-0.39, 0.29) is 34.2 Å². The van der Waals surface area contributed by atoms with E-state index in [1.165, 1.54) is 6.07 Å². The number of benzene rings is 1. The zero-order valence-electron chi connectivity index (χ0n) is 8.04. The van der Waals surface area contributed by atoms with Crippen molar-refractivity contribution >= 4 is 35.0 Å². The molecule has 1 aromatic carbocycles. The summed E-state index contributed by atoms with van der Waals surface area (Å²) in [6.45, 7) is 0. The zero-order chi connectivity index (χ0) is 12.3. The van der Waals surface area contributed by atoms with Crippen LogP contribution in [0.25, 0.3) is 0 Å². The molecule has 0 fully saturated rings. The summed E-state index contributed by atoms with van der Waals surface area (Å²) in [5.74, 6) is -1.86. The Morgan fingerprint density at radius 3 is 2.25 bits per heavy atom. The molecule has 6 heteroatoms. The van der Waals surface area contributed by atoms with Gasteiger partial charge in [-0.3, -0.25) is 9.59 Å². The standard InChI is InChI=1S/C10H8Cl2O4/c11-6-3-5(9(14)4-7(6)12)8(13)1-2-10(15)16/h3-4,14H,1-2H2,(H,15,16). The number of phenols is 1. The average Bonchev–Trinajstić information content (AvgIpc) is 2.20. The quantitative estimate of drug-likeness (QED) is 0.819. The third-order valence-corrected chi connectivity index (χ3v) is 2.63. The Morgan fingerprint density at radius 2 is 1.69 bits per heavy atom. The highest BCUT2D eigenvalue weighted by Crippen LogP contribution is 2.30. The van der Waals surface area contributed by atoms with Crippen LogP contribution in [0.4, 0.5) is 0 Å². The molecule has 0 bridgehead atoms. The number of carboxylic acids is 1. The van der Waals surface area contributed by atoms with Crippen molar-refractivity contribution in [2.24, 2.45) is 0 Å². The molecule has 2 N–H and O–H groups in total. The molecule has 0 aliphatic carbocycles. The van der Waals surface area contributed by atoms with Gasteiger partial charge < -0.3 is 10.2 Å². The maximum atomic E-state index is 11.5. The van der Waals surface area contributed by atoms with E-state index < -0.39 is 11.8 Å². The van der Waals surface area contributed by atoms with Gasteiger partial charge >= 0.3 is 5.97 Å². The molecule has 0 spiro atoms. The van der Waals surface area contributed by atoms with Crippen LogP contribution in [0.2, 0.25) is 10.0 Å². The maximum Gasteiger partial charge on any atom is 0.303 e. The molecule has 0 aliphatic heterocycles. The SMILES string of the molecule is O=C(O)CCC(=O)c1cc(Cl)c(Cl)cc1O. The minimum atomic E-state index is -1.08. The molecule has 0 radical (unpaired) electrons. The highest BCUT2D eigenvalue weighted by atomic mass is 35.5. The lowest BCUT2D eigenvalue weighted by Crippen LogP contribution is -2.04. The molecule has 0 unspecified atom stereocenters. The van der Waals surface area contributed by atoms with Crippen LogP contribution in [0.1, 0.15) is 23.2 Å². The van der Waals surface area contributed by atoms with Crippen LogP contribution in [0.5, 0.6) is 5.75 Å². The first-order valence-electron chi connectivity index (χ1n) is 4.35. The second-order valence-corrected chi connectivity index (χ2v) is 3.91. The summed E-state index contributed by atoms with van der Waals surface area (Å²) in [7, 11) is 0. The van der Waals surface area contributed by atoms with Crippen LogP contribution in [0, 0.1) is 0 Å². The van der Waals surface area contributed by atoms with Crippen LogP contribution >= 0.6 is 23.2 Å². The number of ketones is 1. The lowest BCUT2D eigenvalue weighted by atomic mass is 10.1. The van der Waals surface area contributed by atoms with Gasteiger partial charge in [0.25, 0.3) is 0 Å². The molecule has 86 valence electrons. The Bertz CT molecular complexity index is 443. The van der Waals surface area contributed by atoms with E-state index in [9.17, 15) is 14.7 Å². The van der Waals surface area contributed by atoms with Crippen LogP contribution in [-0.4, -0.2) is 22.0 Å². The molecule has 0 amide bonds. The molecule has 1 aromatic rings. The summed E-state index contributed by atoms with van der Waals surface area (Å²) in [5, 5.41) is 18.1. The van der Waals surface area contributed by atoms with E-state index >= 15 is 0 Å². The molecular weight excluding hydrogens is 255 g/mol. The van der Waals surface area contributed by atoms with Crippen molar-refractivity contribution in [3.63, 3.8) is 0 Å². The first-order chi connectivity index (χ1) is 7.41. The summed E-state index contributed by atoms with van der Waals surface area (Å²) in [4.78, 5) is 21.8. The van der Waals surface area contributed by atoms with Crippen molar-refractivity contribution < 1.29 is 19.8 Å². The van der Waals surface area contributed by atoms with Crippen molar-refractivity contribution in [1.29, 1.82) is 0 Å². The maximum absolute atomic E-state index is 11.5. The van der Waals surface area contributed by atoms with Crippen LogP contribution < -0.4 is 0 Å². The van der Waals surface area contributed by atoms with Gasteiger partial charge in [-0.15, -0.1) is 0 Å². The number of carbonyl (C=O) groups is 2. The van der Waals surface area contributed by atoms with Gasteiger partial charge in [0.2, 0.25) is 0 Å². The summed E-state index contributed by atoms with van der Waals surface area (Å²) < 4.78 is 0. The second kappa shape index (κ2) is 5.18. The van der Waals surface area contributed by atoms with Crippen LogP contribution in [-0.2, 0) is 4.79 Å². The fraction of sp³-hybridized carbons (Fsp3) is 0.200. The molecular formula is C10H8Cl2O4. The number of aliphatic carboxylic acids is 1. The van der Waals surface area contributed by atoms with Gasteiger partial charge in [0, 0.05) is 12.5 Å². The Balaban J connectivity index is 2.91. The first kappa shape index (κ1) is 12.8. The monoisotopic (exact) mass is 262 g/mol. The van der Waals surface area contributed by atoms with E-state index in [1.807, 2.05) is 0 Å². The molecule has 0 saturated carbocycles. The van der Waals surface area contributed by atoms with Gasteiger partial charge in [0.1, 0.15) is 5.75 Å². The Morgan fingerprint density at radius 1 is 1.12 bits per heavy atom. The largest absolute Gasteiger partial charge is 0.507 e. The predicted molar refractivity (Wildman–Crippen MR) is 59.3 cm³/mol.